The molecule has 0 saturated carbocycles. The van der Waals surface area contributed by atoms with Gasteiger partial charge in [-0.25, -0.2) is 0 Å². The van der Waals surface area contributed by atoms with Crippen LogP contribution in [0.15, 0.2) is 60.2 Å². The number of benzene rings is 1. The van der Waals surface area contributed by atoms with Crippen LogP contribution in [0, 0.1) is 0 Å². The highest BCUT2D eigenvalue weighted by atomic mass is 16.5. The standard InChI is InChI=1S/C19H20O5/c20-17(21)12-16-8-4-10-19(13-16,14-18(22)23)24-11-5-9-15-6-2-1-3-7-15/h1-10H,11-14H2,(H,20,21)(H,22,23). The topological polar surface area (TPSA) is 83.8 Å². The molecule has 1 aliphatic rings. The Labute approximate surface area is 140 Å². The zero-order valence-electron chi connectivity index (χ0n) is 13.2. The highest BCUT2D eigenvalue weighted by Crippen LogP contribution is 2.32. The van der Waals surface area contributed by atoms with Crippen LogP contribution in [0.4, 0.5) is 0 Å². The van der Waals surface area contributed by atoms with E-state index in [0.717, 1.165) is 5.56 Å². The zero-order chi connectivity index (χ0) is 17.4. The second kappa shape index (κ2) is 8.26. The number of carboxylic acid groups (broad SMARTS) is 2. The third-order valence-electron chi connectivity index (χ3n) is 3.66. The first kappa shape index (κ1) is 17.7. The van der Waals surface area contributed by atoms with Gasteiger partial charge >= 0.3 is 11.9 Å². The van der Waals surface area contributed by atoms with E-state index < -0.39 is 17.5 Å². The fraction of sp³-hybridized carbons (Fsp3) is 0.263. The maximum absolute atomic E-state index is 11.2. The summed E-state index contributed by atoms with van der Waals surface area (Å²) in [6, 6.07) is 9.70. The largest absolute Gasteiger partial charge is 0.481 e. The van der Waals surface area contributed by atoms with Gasteiger partial charge in [-0.3, -0.25) is 9.59 Å². The molecule has 1 aliphatic carbocycles. The average molecular weight is 328 g/mol. The van der Waals surface area contributed by atoms with Crippen LogP contribution in [-0.4, -0.2) is 34.4 Å². The lowest BCUT2D eigenvalue weighted by atomic mass is 9.85. The summed E-state index contributed by atoms with van der Waals surface area (Å²) in [7, 11) is 0. The minimum atomic E-state index is -1.01. The molecule has 5 heteroatoms. The third kappa shape index (κ3) is 5.52. The monoisotopic (exact) mass is 328 g/mol. The Morgan fingerprint density at radius 3 is 2.58 bits per heavy atom. The van der Waals surface area contributed by atoms with Gasteiger partial charge in [-0.2, -0.15) is 0 Å². The summed E-state index contributed by atoms with van der Waals surface area (Å²) >= 11 is 0. The van der Waals surface area contributed by atoms with E-state index in [-0.39, 0.29) is 25.9 Å². The minimum Gasteiger partial charge on any atom is -0.481 e. The zero-order valence-corrected chi connectivity index (χ0v) is 13.2. The van der Waals surface area contributed by atoms with Crippen molar-refractivity contribution >= 4 is 18.0 Å². The second-order valence-electron chi connectivity index (χ2n) is 5.69. The average Bonchev–Trinajstić information content (AvgIpc) is 2.51. The summed E-state index contributed by atoms with van der Waals surface area (Å²) in [5.41, 5.74) is 0.671. The fourth-order valence-electron chi connectivity index (χ4n) is 2.67. The van der Waals surface area contributed by atoms with Gasteiger partial charge in [-0.1, -0.05) is 66.3 Å². The summed E-state index contributed by atoms with van der Waals surface area (Å²) < 4.78 is 5.83. The first-order chi connectivity index (χ1) is 11.5. The van der Waals surface area contributed by atoms with Crippen molar-refractivity contribution in [1.29, 1.82) is 0 Å². The number of hydrogen-bond donors (Lipinski definition) is 2. The first-order valence-corrected chi connectivity index (χ1v) is 7.65. The molecule has 1 aromatic rings. The van der Waals surface area contributed by atoms with E-state index in [0.29, 0.717) is 5.57 Å². The van der Waals surface area contributed by atoms with Gasteiger partial charge in [0.15, 0.2) is 0 Å². The van der Waals surface area contributed by atoms with Crippen molar-refractivity contribution in [1.82, 2.24) is 0 Å². The number of carboxylic acids is 2. The van der Waals surface area contributed by atoms with Gasteiger partial charge in [0, 0.05) is 6.42 Å². The van der Waals surface area contributed by atoms with Gasteiger partial charge < -0.3 is 14.9 Å². The van der Waals surface area contributed by atoms with E-state index >= 15 is 0 Å². The van der Waals surface area contributed by atoms with Gasteiger partial charge in [0.05, 0.1) is 19.4 Å². The van der Waals surface area contributed by atoms with E-state index in [2.05, 4.69) is 0 Å². The van der Waals surface area contributed by atoms with Gasteiger partial charge in [0.2, 0.25) is 0 Å². The molecule has 0 heterocycles. The van der Waals surface area contributed by atoms with Gasteiger partial charge in [0.25, 0.3) is 0 Å². The highest BCUT2D eigenvalue weighted by molar-refractivity contribution is 5.71. The Hall–Kier alpha value is -2.66. The minimum absolute atomic E-state index is 0.116. The van der Waals surface area contributed by atoms with Gasteiger partial charge in [-0.05, 0) is 5.56 Å². The summed E-state index contributed by atoms with van der Waals surface area (Å²) in [6.45, 7) is 0.243. The molecule has 2 rings (SSSR count). The Morgan fingerprint density at radius 2 is 1.92 bits per heavy atom. The molecule has 0 aliphatic heterocycles. The molecule has 0 aromatic heterocycles. The number of aliphatic carboxylic acids is 2. The molecular weight excluding hydrogens is 308 g/mol. The molecule has 1 unspecified atom stereocenters. The number of allylic oxidation sites excluding steroid dienone is 2. The van der Waals surface area contributed by atoms with E-state index in [1.54, 1.807) is 18.2 Å². The van der Waals surface area contributed by atoms with Crippen molar-refractivity contribution < 1.29 is 24.5 Å². The fourth-order valence-corrected chi connectivity index (χ4v) is 2.67. The van der Waals surface area contributed by atoms with Crippen LogP contribution in [0.25, 0.3) is 6.08 Å². The lowest BCUT2D eigenvalue weighted by Gasteiger charge is -2.32. The number of rotatable bonds is 8. The van der Waals surface area contributed by atoms with E-state index in [4.69, 9.17) is 14.9 Å². The SMILES string of the molecule is O=C(O)CC1=CC=CC(CC(=O)O)(OCC=Cc2ccccc2)C1. The molecule has 126 valence electrons. The van der Waals surface area contributed by atoms with Crippen LogP contribution in [0.3, 0.4) is 0 Å². The van der Waals surface area contributed by atoms with Crippen molar-refractivity contribution in [3.8, 4) is 0 Å². The molecule has 0 fully saturated rings. The smallest absolute Gasteiger partial charge is 0.307 e. The molecule has 0 amide bonds. The number of hydrogen-bond acceptors (Lipinski definition) is 3. The van der Waals surface area contributed by atoms with Gasteiger partial charge in [-0.15, -0.1) is 0 Å². The van der Waals surface area contributed by atoms with Crippen LogP contribution < -0.4 is 0 Å². The molecule has 0 bridgehead atoms. The van der Waals surface area contributed by atoms with Crippen molar-refractivity contribution in [3.63, 3.8) is 0 Å². The quantitative estimate of drug-likeness (QED) is 0.765. The van der Waals surface area contributed by atoms with Gasteiger partial charge in [0.1, 0.15) is 5.60 Å². The predicted molar refractivity (Wildman–Crippen MR) is 90.5 cm³/mol. The van der Waals surface area contributed by atoms with Crippen molar-refractivity contribution in [2.75, 3.05) is 6.61 Å². The van der Waals surface area contributed by atoms with Crippen molar-refractivity contribution in [2.24, 2.45) is 0 Å². The molecule has 1 aromatic carbocycles. The lowest BCUT2D eigenvalue weighted by Crippen LogP contribution is -2.35. The van der Waals surface area contributed by atoms with Crippen LogP contribution >= 0.6 is 0 Å². The van der Waals surface area contributed by atoms with E-state index in [1.165, 1.54) is 0 Å². The van der Waals surface area contributed by atoms with Crippen molar-refractivity contribution in [3.05, 3.63) is 65.8 Å². The molecule has 0 radical (unpaired) electrons. The summed E-state index contributed by atoms with van der Waals surface area (Å²) in [5, 5.41) is 18.1. The lowest BCUT2D eigenvalue weighted by molar-refractivity contribution is -0.142. The molecular formula is C19H20O5. The Morgan fingerprint density at radius 1 is 1.17 bits per heavy atom. The van der Waals surface area contributed by atoms with E-state index in [9.17, 15) is 9.59 Å². The summed E-state index contributed by atoms with van der Waals surface area (Å²) in [5.74, 6) is -1.92. The molecule has 1 atom stereocenters. The molecule has 0 saturated heterocycles. The molecule has 24 heavy (non-hydrogen) atoms. The Balaban J connectivity index is 2.02. The highest BCUT2D eigenvalue weighted by Gasteiger charge is 2.34. The van der Waals surface area contributed by atoms with Crippen molar-refractivity contribution in [2.45, 2.75) is 24.9 Å². The Kier molecular flexibility index (Phi) is 6.09. The van der Waals surface area contributed by atoms with Crippen LogP contribution in [0.5, 0.6) is 0 Å². The normalized spacial score (nSPS) is 20.1. The predicted octanol–water partition coefficient (Wildman–Crippen LogP) is 3.29. The van der Waals surface area contributed by atoms with Crippen LogP contribution in [-0.2, 0) is 14.3 Å². The molecule has 2 N–H and O–H groups in total. The Bertz CT molecular complexity index is 672. The molecule has 5 nitrogen and oxygen atoms in total. The maximum atomic E-state index is 11.2. The number of ether oxygens (including phenoxy) is 1. The summed E-state index contributed by atoms with van der Waals surface area (Å²) in [4.78, 5) is 22.1. The molecule has 0 spiro atoms. The first-order valence-electron chi connectivity index (χ1n) is 7.65. The number of carbonyl (C=O) groups is 2. The van der Waals surface area contributed by atoms with Crippen LogP contribution in [0.1, 0.15) is 24.8 Å². The second-order valence-corrected chi connectivity index (χ2v) is 5.69. The summed E-state index contributed by atoms with van der Waals surface area (Å²) in [6.07, 6.45) is 8.73. The maximum Gasteiger partial charge on any atom is 0.307 e. The van der Waals surface area contributed by atoms with E-state index in [1.807, 2.05) is 42.5 Å². The third-order valence-corrected chi connectivity index (χ3v) is 3.66. The van der Waals surface area contributed by atoms with Crippen LogP contribution in [0.2, 0.25) is 0 Å².